The molecule has 0 saturated carbocycles. The van der Waals surface area contributed by atoms with Crippen molar-refractivity contribution >= 4 is 5.69 Å². The zero-order valence-corrected chi connectivity index (χ0v) is 11.5. The SMILES string of the molecule is CCCn1cncc1CNc1ccc(OCC)nc1. The van der Waals surface area contributed by atoms with E-state index in [2.05, 4.69) is 26.8 Å². The smallest absolute Gasteiger partial charge is 0.213 e. The number of nitrogens with one attached hydrogen (secondary N) is 1. The third-order valence-corrected chi connectivity index (χ3v) is 2.77. The minimum absolute atomic E-state index is 0.635. The van der Waals surface area contributed by atoms with Crippen LogP contribution < -0.4 is 10.1 Å². The van der Waals surface area contributed by atoms with Crippen LogP contribution in [0, 0.1) is 0 Å². The molecule has 0 atom stereocenters. The van der Waals surface area contributed by atoms with Gasteiger partial charge in [0, 0.05) is 18.8 Å². The van der Waals surface area contributed by atoms with Crippen LogP contribution in [0.15, 0.2) is 30.9 Å². The van der Waals surface area contributed by atoms with Crippen LogP contribution in [0.5, 0.6) is 5.88 Å². The van der Waals surface area contributed by atoms with Crippen molar-refractivity contribution in [1.82, 2.24) is 14.5 Å². The minimum atomic E-state index is 0.635. The molecule has 19 heavy (non-hydrogen) atoms. The summed E-state index contributed by atoms with van der Waals surface area (Å²) in [6, 6.07) is 3.84. The highest BCUT2D eigenvalue weighted by Crippen LogP contribution is 2.12. The number of rotatable bonds is 7. The molecule has 102 valence electrons. The van der Waals surface area contributed by atoms with E-state index in [0.717, 1.165) is 25.2 Å². The Kier molecular flexibility index (Phi) is 4.78. The van der Waals surface area contributed by atoms with Gasteiger partial charge in [0.1, 0.15) is 0 Å². The van der Waals surface area contributed by atoms with Crippen LogP contribution in [0.4, 0.5) is 5.69 Å². The molecule has 2 aromatic rings. The zero-order chi connectivity index (χ0) is 13.5. The van der Waals surface area contributed by atoms with Gasteiger partial charge in [-0.25, -0.2) is 9.97 Å². The third kappa shape index (κ3) is 3.71. The number of nitrogens with zero attached hydrogens (tertiary/aromatic N) is 3. The Morgan fingerprint density at radius 3 is 2.84 bits per heavy atom. The average molecular weight is 260 g/mol. The van der Waals surface area contributed by atoms with E-state index in [1.54, 1.807) is 6.20 Å². The first kappa shape index (κ1) is 13.4. The van der Waals surface area contributed by atoms with Crippen molar-refractivity contribution in [2.24, 2.45) is 0 Å². The van der Waals surface area contributed by atoms with Crippen LogP contribution in [0.25, 0.3) is 0 Å². The van der Waals surface area contributed by atoms with Crippen LogP contribution in [0.3, 0.4) is 0 Å². The molecular formula is C14H20N4O. The van der Waals surface area contributed by atoms with Crippen molar-refractivity contribution in [3.8, 4) is 5.88 Å². The lowest BCUT2D eigenvalue weighted by atomic mass is 10.3. The van der Waals surface area contributed by atoms with E-state index in [0.29, 0.717) is 12.5 Å². The summed E-state index contributed by atoms with van der Waals surface area (Å²) in [6.45, 7) is 6.49. The number of aromatic nitrogens is 3. The van der Waals surface area contributed by atoms with Crippen LogP contribution in [-0.4, -0.2) is 21.1 Å². The first-order chi connectivity index (χ1) is 9.33. The maximum absolute atomic E-state index is 5.31. The highest BCUT2D eigenvalue weighted by molar-refractivity contribution is 5.42. The van der Waals surface area contributed by atoms with Crippen molar-refractivity contribution in [1.29, 1.82) is 0 Å². The Balaban J connectivity index is 1.92. The number of hydrogen-bond acceptors (Lipinski definition) is 4. The molecule has 0 aliphatic rings. The largest absolute Gasteiger partial charge is 0.478 e. The summed E-state index contributed by atoms with van der Waals surface area (Å²) in [5.74, 6) is 0.657. The Morgan fingerprint density at radius 1 is 1.26 bits per heavy atom. The van der Waals surface area contributed by atoms with Gasteiger partial charge in [0.15, 0.2) is 0 Å². The van der Waals surface area contributed by atoms with Gasteiger partial charge in [-0.2, -0.15) is 0 Å². The quantitative estimate of drug-likeness (QED) is 0.831. The van der Waals surface area contributed by atoms with E-state index in [4.69, 9.17) is 4.74 Å². The van der Waals surface area contributed by atoms with Crippen molar-refractivity contribution in [2.75, 3.05) is 11.9 Å². The number of hydrogen-bond donors (Lipinski definition) is 1. The number of imidazole rings is 1. The van der Waals surface area contributed by atoms with Crippen LogP contribution in [-0.2, 0) is 13.1 Å². The summed E-state index contributed by atoms with van der Waals surface area (Å²) in [6.07, 6.45) is 6.65. The lowest BCUT2D eigenvalue weighted by Crippen LogP contribution is -2.07. The number of ether oxygens (including phenoxy) is 1. The van der Waals surface area contributed by atoms with E-state index in [9.17, 15) is 0 Å². The van der Waals surface area contributed by atoms with Gasteiger partial charge >= 0.3 is 0 Å². The van der Waals surface area contributed by atoms with Crippen LogP contribution in [0.1, 0.15) is 26.0 Å². The molecule has 0 aliphatic carbocycles. The molecule has 5 heteroatoms. The van der Waals surface area contributed by atoms with Gasteiger partial charge in [-0.05, 0) is 19.4 Å². The van der Waals surface area contributed by atoms with E-state index in [-0.39, 0.29) is 0 Å². The molecule has 0 radical (unpaired) electrons. The Morgan fingerprint density at radius 2 is 2.16 bits per heavy atom. The normalized spacial score (nSPS) is 10.4. The molecule has 0 spiro atoms. The van der Waals surface area contributed by atoms with Crippen molar-refractivity contribution in [3.63, 3.8) is 0 Å². The molecule has 0 fully saturated rings. The second-order valence-corrected chi connectivity index (χ2v) is 4.25. The molecule has 0 aromatic carbocycles. The van der Waals surface area contributed by atoms with Crippen LogP contribution >= 0.6 is 0 Å². The van der Waals surface area contributed by atoms with Crippen LogP contribution in [0.2, 0.25) is 0 Å². The van der Waals surface area contributed by atoms with Crippen molar-refractivity contribution in [2.45, 2.75) is 33.4 Å². The fourth-order valence-electron chi connectivity index (χ4n) is 1.85. The van der Waals surface area contributed by atoms with Crippen molar-refractivity contribution in [3.05, 3.63) is 36.5 Å². The lowest BCUT2D eigenvalue weighted by molar-refractivity contribution is 0.327. The molecule has 0 amide bonds. The Hall–Kier alpha value is -2.04. The predicted molar refractivity (Wildman–Crippen MR) is 75.3 cm³/mol. The molecule has 0 unspecified atom stereocenters. The van der Waals surface area contributed by atoms with Gasteiger partial charge in [0.05, 0.1) is 37.1 Å². The number of pyridine rings is 1. The Labute approximate surface area is 113 Å². The fourth-order valence-corrected chi connectivity index (χ4v) is 1.85. The fraction of sp³-hybridized carbons (Fsp3) is 0.429. The third-order valence-electron chi connectivity index (χ3n) is 2.77. The Bertz CT molecular complexity index is 492. The summed E-state index contributed by atoms with van der Waals surface area (Å²) in [4.78, 5) is 8.40. The van der Waals surface area contributed by atoms with Gasteiger partial charge in [0.25, 0.3) is 0 Å². The van der Waals surface area contributed by atoms with Gasteiger partial charge < -0.3 is 14.6 Å². The van der Waals surface area contributed by atoms with Gasteiger partial charge in [-0.1, -0.05) is 6.92 Å². The standard InChI is InChI=1S/C14H20N4O/c1-3-7-18-11-15-9-13(18)10-16-12-5-6-14(17-8-12)19-4-2/h5-6,8-9,11,16H,3-4,7,10H2,1-2H3. The first-order valence-electron chi connectivity index (χ1n) is 6.65. The molecular weight excluding hydrogens is 240 g/mol. The molecule has 0 saturated heterocycles. The summed E-state index contributed by atoms with van der Waals surface area (Å²) >= 11 is 0. The maximum atomic E-state index is 5.31. The van der Waals surface area contributed by atoms with E-state index in [1.807, 2.05) is 31.6 Å². The molecule has 2 rings (SSSR count). The van der Waals surface area contributed by atoms with Gasteiger partial charge in [-0.15, -0.1) is 0 Å². The molecule has 2 aromatic heterocycles. The topological polar surface area (TPSA) is 52.0 Å². The monoisotopic (exact) mass is 260 g/mol. The van der Waals surface area contributed by atoms with Crippen molar-refractivity contribution < 1.29 is 4.74 Å². The minimum Gasteiger partial charge on any atom is -0.478 e. The van der Waals surface area contributed by atoms with E-state index in [1.165, 1.54) is 5.69 Å². The second-order valence-electron chi connectivity index (χ2n) is 4.25. The second kappa shape index (κ2) is 6.78. The lowest BCUT2D eigenvalue weighted by Gasteiger charge is -2.09. The van der Waals surface area contributed by atoms with E-state index >= 15 is 0 Å². The average Bonchev–Trinajstić information content (AvgIpc) is 2.86. The molecule has 0 bridgehead atoms. The molecule has 2 heterocycles. The van der Waals surface area contributed by atoms with Gasteiger partial charge in [-0.3, -0.25) is 0 Å². The number of aryl methyl sites for hydroxylation is 1. The molecule has 5 nitrogen and oxygen atoms in total. The maximum Gasteiger partial charge on any atom is 0.213 e. The summed E-state index contributed by atoms with van der Waals surface area (Å²) in [7, 11) is 0. The molecule has 0 aliphatic heterocycles. The zero-order valence-electron chi connectivity index (χ0n) is 11.5. The molecule has 1 N–H and O–H groups in total. The summed E-state index contributed by atoms with van der Waals surface area (Å²) in [5.41, 5.74) is 2.16. The summed E-state index contributed by atoms with van der Waals surface area (Å²) in [5, 5.41) is 3.34. The predicted octanol–water partition coefficient (Wildman–Crippen LogP) is 2.70. The number of anilines is 1. The van der Waals surface area contributed by atoms with Gasteiger partial charge in [0.2, 0.25) is 5.88 Å². The first-order valence-corrected chi connectivity index (χ1v) is 6.65. The highest BCUT2D eigenvalue weighted by Gasteiger charge is 2.01. The highest BCUT2D eigenvalue weighted by atomic mass is 16.5. The summed E-state index contributed by atoms with van der Waals surface area (Å²) < 4.78 is 7.47. The van der Waals surface area contributed by atoms with E-state index < -0.39 is 0 Å².